The number of nitrogens with one attached hydrogen (secondary N) is 2. The minimum absolute atomic E-state index is 0.0118. The zero-order valence-corrected chi connectivity index (χ0v) is 12.1. The molecule has 0 aromatic heterocycles. The van der Waals surface area contributed by atoms with Crippen molar-refractivity contribution >= 4 is 5.91 Å². The van der Waals surface area contributed by atoms with Crippen LogP contribution < -0.4 is 15.4 Å². The Morgan fingerprint density at radius 1 is 1.45 bits per heavy atom. The van der Waals surface area contributed by atoms with Gasteiger partial charge in [-0.05, 0) is 37.9 Å². The number of carbonyl (C=O) groups excluding carboxylic acids is 1. The van der Waals surface area contributed by atoms with Gasteiger partial charge >= 0.3 is 0 Å². The topological polar surface area (TPSA) is 50.4 Å². The molecule has 110 valence electrons. The summed E-state index contributed by atoms with van der Waals surface area (Å²) in [7, 11) is 1.46. The van der Waals surface area contributed by atoms with Crippen molar-refractivity contribution in [2.45, 2.75) is 32.4 Å². The quantitative estimate of drug-likeness (QED) is 0.890. The van der Waals surface area contributed by atoms with Crippen LogP contribution in [0.25, 0.3) is 0 Å². The second-order valence-corrected chi connectivity index (χ2v) is 5.35. The predicted octanol–water partition coefficient (Wildman–Crippen LogP) is 1.95. The van der Waals surface area contributed by atoms with E-state index in [1.165, 1.54) is 19.2 Å². The number of halogens is 1. The van der Waals surface area contributed by atoms with Crippen molar-refractivity contribution in [3.05, 3.63) is 29.6 Å². The molecule has 0 spiro atoms. The van der Waals surface area contributed by atoms with Crippen LogP contribution in [-0.4, -0.2) is 31.6 Å². The molecule has 1 aliphatic rings. The Labute approximate surface area is 118 Å². The SMILES string of the molecule is COc1ccc(C(=O)NC2C(C)CCNC2C)c(F)c1. The van der Waals surface area contributed by atoms with Gasteiger partial charge in [-0.25, -0.2) is 4.39 Å². The molecule has 20 heavy (non-hydrogen) atoms. The Kier molecular flexibility index (Phi) is 4.60. The lowest BCUT2D eigenvalue weighted by molar-refractivity contribution is 0.0893. The molecular formula is C15H21FN2O2. The first-order valence-corrected chi connectivity index (χ1v) is 6.90. The van der Waals surface area contributed by atoms with Crippen LogP contribution >= 0.6 is 0 Å². The maximum Gasteiger partial charge on any atom is 0.254 e. The first-order valence-electron chi connectivity index (χ1n) is 6.90. The van der Waals surface area contributed by atoms with E-state index >= 15 is 0 Å². The molecule has 4 nitrogen and oxygen atoms in total. The highest BCUT2D eigenvalue weighted by atomic mass is 19.1. The van der Waals surface area contributed by atoms with E-state index in [2.05, 4.69) is 17.6 Å². The van der Waals surface area contributed by atoms with Gasteiger partial charge in [0.05, 0.1) is 12.7 Å². The van der Waals surface area contributed by atoms with Crippen LogP contribution in [0.2, 0.25) is 0 Å². The molecule has 0 saturated carbocycles. The molecule has 5 heteroatoms. The van der Waals surface area contributed by atoms with Crippen LogP contribution in [0.15, 0.2) is 18.2 Å². The molecule has 1 aromatic rings. The van der Waals surface area contributed by atoms with E-state index in [1.54, 1.807) is 6.07 Å². The number of amides is 1. The van der Waals surface area contributed by atoms with Crippen LogP contribution in [0.1, 0.15) is 30.6 Å². The van der Waals surface area contributed by atoms with Crippen molar-refractivity contribution in [3.63, 3.8) is 0 Å². The molecule has 2 rings (SSSR count). The third-order valence-corrected chi connectivity index (χ3v) is 3.94. The fraction of sp³-hybridized carbons (Fsp3) is 0.533. The molecular weight excluding hydrogens is 259 g/mol. The minimum atomic E-state index is -0.564. The Morgan fingerprint density at radius 3 is 2.80 bits per heavy atom. The molecule has 0 bridgehead atoms. The number of ether oxygens (including phenoxy) is 1. The summed E-state index contributed by atoms with van der Waals surface area (Å²) in [5.41, 5.74) is 0.0516. The number of hydrogen-bond donors (Lipinski definition) is 2. The normalized spacial score (nSPS) is 26.1. The molecule has 0 aliphatic carbocycles. The van der Waals surface area contributed by atoms with E-state index in [0.29, 0.717) is 11.7 Å². The molecule has 1 aromatic carbocycles. The smallest absolute Gasteiger partial charge is 0.254 e. The maximum atomic E-state index is 13.9. The second kappa shape index (κ2) is 6.22. The number of hydrogen-bond acceptors (Lipinski definition) is 3. The molecule has 3 atom stereocenters. The lowest BCUT2D eigenvalue weighted by atomic mass is 9.89. The first-order chi connectivity index (χ1) is 9.52. The Morgan fingerprint density at radius 2 is 2.20 bits per heavy atom. The maximum absolute atomic E-state index is 13.9. The first kappa shape index (κ1) is 14.8. The van der Waals surface area contributed by atoms with Crippen LogP contribution in [0.4, 0.5) is 4.39 Å². The third kappa shape index (κ3) is 3.10. The monoisotopic (exact) mass is 280 g/mol. The van der Waals surface area contributed by atoms with Crippen molar-refractivity contribution in [1.29, 1.82) is 0 Å². The van der Waals surface area contributed by atoms with Gasteiger partial charge in [-0.1, -0.05) is 6.92 Å². The summed E-state index contributed by atoms with van der Waals surface area (Å²) in [5.74, 6) is -0.167. The third-order valence-electron chi connectivity index (χ3n) is 3.94. The van der Waals surface area contributed by atoms with Crippen LogP contribution in [0.5, 0.6) is 5.75 Å². The summed E-state index contributed by atoms with van der Waals surface area (Å²) in [6, 6.07) is 4.46. The zero-order chi connectivity index (χ0) is 14.7. The molecule has 1 aliphatic heterocycles. The predicted molar refractivity (Wildman–Crippen MR) is 75.5 cm³/mol. The van der Waals surface area contributed by atoms with E-state index in [0.717, 1.165) is 13.0 Å². The Bertz CT molecular complexity index is 483. The summed E-state index contributed by atoms with van der Waals surface area (Å²) < 4.78 is 18.8. The van der Waals surface area contributed by atoms with Gasteiger partial charge in [0.15, 0.2) is 0 Å². The number of piperidine rings is 1. The second-order valence-electron chi connectivity index (χ2n) is 5.35. The summed E-state index contributed by atoms with van der Waals surface area (Å²) in [5, 5.41) is 6.25. The number of benzene rings is 1. The molecule has 1 amide bonds. The number of rotatable bonds is 3. The highest BCUT2D eigenvalue weighted by Crippen LogP contribution is 2.19. The number of methoxy groups -OCH3 is 1. The summed E-state index contributed by atoms with van der Waals surface area (Å²) in [6.45, 7) is 5.09. The van der Waals surface area contributed by atoms with Crippen LogP contribution in [0.3, 0.4) is 0 Å². The van der Waals surface area contributed by atoms with Gasteiger partial charge in [0.1, 0.15) is 11.6 Å². The van der Waals surface area contributed by atoms with E-state index in [9.17, 15) is 9.18 Å². The Balaban J connectivity index is 2.11. The average Bonchev–Trinajstić information content (AvgIpc) is 2.42. The molecule has 3 unspecified atom stereocenters. The zero-order valence-electron chi connectivity index (χ0n) is 12.1. The van der Waals surface area contributed by atoms with Gasteiger partial charge in [-0.3, -0.25) is 4.79 Å². The largest absolute Gasteiger partial charge is 0.497 e. The highest BCUT2D eigenvalue weighted by Gasteiger charge is 2.29. The fourth-order valence-electron chi connectivity index (χ4n) is 2.64. The van der Waals surface area contributed by atoms with Crippen LogP contribution in [-0.2, 0) is 0 Å². The summed E-state index contributed by atoms with van der Waals surface area (Å²) in [4.78, 5) is 12.2. The van der Waals surface area contributed by atoms with Crippen molar-refractivity contribution in [2.24, 2.45) is 5.92 Å². The molecule has 1 fully saturated rings. The Hall–Kier alpha value is -1.62. The van der Waals surface area contributed by atoms with Crippen molar-refractivity contribution < 1.29 is 13.9 Å². The van der Waals surface area contributed by atoms with Gasteiger partial charge in [-0.2, -0.15) is 0 Å². The van der Waals surface area contributed by atoms with Crippen molar-refractivity contribution in [3.8, 4) is 5.75 Å². The lowest BCUT2D eigenvalue weighted by Gasteiger charge is -2.36. The van der Waals surface area contributed by atoms with Gasteiger partial charge < -0.3 is 15.4 Å². The van der Waals surface area contributed by atoms with E-state index in [1.807, 2.05) is 6.92 Å². The van der Waals surface area contributed by atoms with Gasteiger partial charge in [0.25, 0.3) is 5.91 Å². The highest BCUT2D eigenvalue weighted by molar-refractivity contribution is 5.94. The van der Waals surface area contributed by atoms with Crippen LogP contribution in [0, 0.1) is 11.7 Å². The standard InChI is InChI=1S/C15H21FN2O2/c1-9-6-7-17-10(2)14(9)18-15(19)12-5-4-11(20-3)8-13(12)16/h4-5,8-10,14,17H,6-7H2,1-3H3,(H,18,19). The lowest BCUT2D eigenvalue weighted by Crippen LogP contribution is -2.56. The molecule has 1 heterocycles. The summed E-state index contributed by atoms with van der Waals surface area (Å²) >= 11 is 0. The molecule has 1 saturated heterocycles. The van der Waals surface area contributed by atoms with Crippen molar-refractivity contribution in [1.82, 2.24) is 10.6 Å². The molecule has 2 N–H and O–H groups in total. The van der Waals surface area contributed by atoms with E-state index in [4.69, 9.17) is 4.74 Å². The minimum Gasteiger partial charge on any atom is -0.497 e. The van der Waals surface area contributed by atoms with E-state index < -0.39 is 5.82 Å². The van der Waals surface area contributed by atoms with Gasteiger partial charge in [-0.15, -0.1) is 0 Å². The molecule has 0 radical (unpaired) electrons. The number of carbonyl (C=O) groups is 1. The van der Waals surface area contributed by atoms with Gasteiger partial charge in [0.2, 0.25) is 0 Å². The average molecular weight is 280 g/mol. The van der Waals surface area contributed by atoms with E-state index in [-0.39, 0.29) is 23.6 Å². The summed E-state index contributed by atoms with van der Waals surface area (Å²) in [6.07, 6.45) is 1.00. The fourth-order valence-corrected chi connectivity index (χ4v) is 2.64. The van der Waals surface area contributed by atoms with Crippen molar-refractivity contribution in [2.75, 3.05) is 13.7 Å². The van der Waals surface area contributed by atoms with Gasteiger partial charge in [0, 0.05) is 18.2 Å².